The molecule has 0 unspecified atom stereocenters. The molecule has 5 heteroatoms. The number of aromatic nitrogens is 1. The van der Waals surface area contributed by atoms with Gasteiger partial charge in [-0.15, -0.1) is 0 Å². The molecule has 0 saturated carbocycles. The highest BCUT2D eigenvalue weighted by atomic mass is 16.5. The van der Waals surface area contributed by atoms with Crippen molar-refractivity contribution >= 4 is 16.8 Å². The fraction of sp³-hybridized carbons (Fsp3) is 0.526. The number of hydrogen-bond donors (Lipinski definition) is 1. The molecule has 24 heavy (non-hydrogen) atoms. The Bertz CT molecular complexity index is 697. The van der Waals surface area contributed by atoms with Crippen molar-refractivity contribution in [1.82, 2.24) is 9.88 Å². The zero-order valence-corrected chi connectivity index (χ0v) is 13.9. The molecule has 3 heterocycles. The number of ether oxygens (including phenoxy) is 2. The SMILES string of the molecule is O=C(C1CCOCC1)N1CCC(Oc2cccc3[nH]ccc23)CC1. The molecule has 2 aliphatic rings. The highest BCUT2D eigenvalue weighted by molar-refractivity contribution is 5.85. The van der Waals surface area contributed by atoms with Crippen LogP contribution in [-0.2, 0) is 9.53 Å². The molecule has 1 aromatic carbocycles. The maximum absolute atomic E-state index is 12.6. The summed E-state index contributed by atoms with van der Waals surface area (Å²) in [5.41, 5.74) is 1.10. The Morgan fingerprint density at radius 2 is 1.92 bits per heavy atom. The first kappa shape index (κ1) is 15.5. The van der Waals surface area contributed by atoms with Gasteiger partial charge in [0.15, 0.2) is 0 Å². The van der Waals surface area contributed by atoms with Gasteiger partial charge >= 0.3 is 0 Å². The molecule has 1 aromatic heterocycles. The van der Waals surface area contributed by atoms with Crippen LogP contribution in [0.1, 0.15) is 25.7 Å². The standard InChI is InChI=1S/C19H24N2O3/c22-19(14-7-12-23-13-8-14)21-10-5-15(6-11-21)24-18-3-1-2-17-16(18)4-9-20-17/h1-4,9,14-15,20H,5-8,10-13H2. The maximum Gasteiger partial charge on any atom is 0.225 e. The van der Waals surface area contributed by atoms with E-state index in [0.717, 1.165) is 68.6 Å². The number of amides is 1. The summed E-state index contributed by atoms with van der Waals surface area (Å²) in [7, 11) is 0. The van der Waals surface area contributed by atoms with Crippen LogP contribution in [0.5, 0.6) is 5.75 Å². The second-order valence-corrected chi connectivity index (χ2v) is 6.72. The quantitative estimate of drug-likeness (QED) is 0.942. The van der Waals surface area contributed by atoms with Crippen LogP contribution in [0.4, 0.5) is 0 Å². The van der Waals surface area contributed by atoms with Crippen LogP contribution in [-0.4, -0.2) is 48.2 Å². The first-order valence-corrected chi connectivity index (χ1v) is 8.90. The van der Waals surface area contributed by atoms with Gasteiger partial charge in [0.1, 0.15) is 11.9 Å². The van der Waals surface area contributed by atoms with Crippen LogP contribution < -0.4 is 4.74 Å². The number of fused-ring (bicyclic) bond motifs is 1. The fourth-order valence-corrected chi connectivity index (χ4v) is 3.74. The minimum Gasteiger partial charge on any atom is -0.490 e. The molecule has 128 valence electrons. The summed E-state index contributed by atoms with van der Waals surface area (Å²) < 4.78 is 11.6. The zero-order valence-electron chi connectivity index (χ0n) is 13.9. The van der Waals surface area contributed by atoms with E-state index in [9.17, 15) is 4.79 Å². The summed E-state index contributed by atoms with van der Waals surface area (Å²) in [5.74, 6) is 1.40. The summed E-state index contributed by atoms with van der Waals surface area (Å²) >= 11 is 0. The molecule has 4 rings (SSSR count). The lowest BCUT2D eigenvalue weighted by molar-refractivity contribution is -0.140. The second-order valence-electron chi connectivity index (χ2n) is 6.72. The summed E-state index contributed by atoms with van der Waals surface area (Å²) in [6, 6.07) is 8.14. The van der Waals surface area contributed by atoms with Crippen LogP contribution in [0.25, 0.3) is 10.9 Å². The molecule has 2 aromatic rings. The first-order valence-electron chi connectivity index (χ1n) is 8.90. The number of piperidine rings is 1. The number of rotatable bonds is 3. The third kappa shape index (κ3) is 3.13. The van der Waals surface area contributed by atoms with Gasteiger partial charge in [0.05, 0.1) is 0 Å². The number of likely N-dealkylation sites (tertiary alicyclic amines) is 1. The van der Waals surface area contributed by atoms with Gasteiger partial charge in [-0.05, 0) is 31.0 Å². The van der Waals surface area contributed by atoms with Crippen molar-refractivity contribution in [2.24, 2.45) is 5.92 Å². The Morgan fingerprint density at radius 3 is 2.71 bits per heavy atom. The molecule has 2 aliphatic heterocycles. The van der Waals surface area contributed by atoms with E-state index in [1.807, 2.05) is 23.2 Å². The summed E-state index contributed by atoms with van der Waals surface area (Å²) in [4.78, 5) is 17.8. The van der Waals surface area contributed by atoms with E-state index in [0.29, 0.717) is 5.91 Å². The van der Waals surface area contributed by atoms with Gasteiger partial charge in [-0.25, -0.2) is 0 Å². The predicted octanol–water partition coefficient (Wildman–Crippen LogP) is 2.96. The molecule has 0 spiro atoms. The lowest BCUT2D eigenvalue weighted by atomic mass is 9.97. The van der Waals surface area contributed by atoms with Gasteiger partial charge in [-0.3, -0.25) is 4.79 Å². The number of hydrogen-bond acceptors (Lipinski definition) is 3. The van der Waals surface area contributed by atoms with Crippen molar-refractivity contribution in [2.45, 2.75) is 31.8 Å². The van der Waals surface area contributed by atoms with Crippen molar-refractivity contribution in [3.8, 4) is 5.75 Å². The van der Waals surface area contributed by atoms with E-state index < -0.39 is 0 Å². The van der Waals surface area contributed by atoms with Crippen molar-refractivity contribution in [3.63, 3.8) is 0 Å². The van der Waals surface area contributed by atoms with Crippen LogP contribution in [0.15, 0.2) is 30.5 Å². The number of H-pyrrole nitrogens is 1. The van der Waals surface area contributed by atoms with Crippen LogP contribution in [0.3, 0.4) is 0 Å². The van der Waals surface area contributed by atoms with Crippen molar-refractivity contribution < 1.29 is 14.3 Å². The van der Waals surface area contributed by atoms with Crippen LogP contribution in [0, 0.1) is 5.92 Å². The third-order valence-corrected chi connectivity index (χ3v) is 5.17. The van der Waals surface area contributed by atoms with E-state index in [2.05, 4.69) is 17.1 Å². The average Bonchev–Trinajstić information content (AvgIpc) is 3.12. The monoisotopic (exact) mass is 328 g/mol. The summed E-state index contributed by atoms with van der Waals surface area (Å²) in [6.45, 7) is 3.03. The normalized spacial score (nSPS) is 20.4. The lowest BCUT2D eigenvalue weighted by Gasteiger charge is -2.35. The zero-order chi connectivity index (χ0) is 16.4. The Balaban J connectivity index is 1.34. The van der Waals surface area contributed by atoms with E-state index >= 15 is 0 Å². The average molecular weight is 328 g/mol. The number of carbonyl (C=O) groups excluding carboxylic acids is 1. The Labute approximate surface area is 141 Å². The maximum atomic E-state index is 12.6. The van der Waals surface area contributed by atoms with E-state index in [1.54, 1.807) is 0 Å². The molecule has 2 saturated heterocycles. The number of benzene rings is 1. The predicted molar refractivity (Wildman–Crippen MR) is 92.1 cm³/mol. The third-order valence-electron chi connectivity index (χ3n) is 5.17. The molecular weight excluding hydrogens is 304 g/mol. The fourth-order valence-electron chi connectivity index (χ4n) is 3.74. The minimum atomic E-state index is 0.157. The topological polar surface area (TPSA) is 54.6 Å². The number of carbonyl (C=O) groups is 1. The van der Waals surface area contributed by atoms with Crippen molar-refractivity contribution in [2.75, 3.05) is 26.3 Å². The first-order chi connectivity index (χ1) is 11.8. The largest absolute Gasteiger partial charge is 0.490 e. The molecular formula is C19H24N2O3. The van der Waals surface area contributed by atoms with Gasteiger partial charge in [0.2, 0.25) is 5.91 Å². The molecule has 2 fully saturated rings. The van der Waals surface area contributed by atoms with Crippen LogP contribution in [0.2, 0.25) is 0 Å². The summed E-state index contributed by atoms with van der Waals surface area (Å²) in [5, 5.41) is 1.12. The number of aromatic amines is 1. The van der Waals surface area contributed by atoms with Gasteiger partial charge in [0, 0.05) is 62.2 Å². The molecule has 1 amide bonds. The lowest BCUT2D eigenvalue weighted by Crippen LogP contribution is -2.45. The smallest absolute Gasteiger partial charge is 0.225 e. The highest BCUT2D eigenvalue weighted by Gasteiger charge is 2.30. The van der Waals surface area contributed by atoms with Gasteiger partial charge in [0.25, 0.3) is 0 Å². The molecule has 0 radical (unpaired) electrons. The summed E-state index contributed by atoms with van der Waals surface area (Å²) in [6.07, 6.45) is 5.65. The van der Waals surface area contributed by atoms with Crippen molar-refractivity contribution in [1.29, 1.82) is 0 Å². The van der Waals surface area contributed by atoms with Gasteiger partial charge in [-0.1, -0.05) is 6.07 Å². The molecule has 0 bridgehead atoms. The second kappa shape index (κ2) is 6.85. The van der Waals surface area contributed by atoms with Crippen LogP contribution >= 0.6 is 0 Å². The van der Waals surface area contributed by atoms with E-state index in [4.69, 9.17) is 9.47 Å². The highest BCUT2D eigenvalue weighted by Crippen LogP contribution is 2.28. The van der Waals surface area contributed by atoms with Gasteiger partial charge < -0.3 is 19.4 Å². The molecule has 0 aliphatic carbocycles. The Morgan fingerprint density at radius 1 is 1.12 bits per heavy atom. The van der Waals surface area contributed by atoms with Crippen molar-refractivity contribution in [3.05, 3.63) is 30.5 Å². The Hall–Kier alpha value is -2.01. The number of nitrogens with zero attached hydrogens (tertiary/aromatic N) is 1. The van der Waals surface area contributed by atoms with E-state index in [1.165, 1.54) is 0 Å². The Kier molecular flexibility index (Phi) is 4.43. The van der Waals surface area contributed by atoms with Gasteiger partial charge in [-0.2, -0.15) is 0 Å². The molecule has 0 atom stereocenters. The number of nitrogens with one attached hydrogen (secondary N) is 1. The minimum absolute atomic E-state index is 0.157. The molecule has 5 nitrogen and oxygen atoms in total. The van der Waals surface area contributed by atoms with E-state index in [-0.39, 0.29) is 12.0 Å². The molecule has 1 N–H and O–H groups in total.